The lowest BCUT2D eigenvalue weighted by molar-refractivity contribution is 1.14. The van der Waals surface area contributed by atoms with Crippen LogP contribution in [-0.4, -0.2) is 14.4 Å². The van der Waals surface area contributed by atoms with E-state index < -0.39 is 0 Å². The van der Waals surface area contributed by atoms with Gasteiger partial charge in [-0.25, -0.2) is 9.97 Å². The summed E-state index contributed by atoms with van der Waals surface area (Å²) < 4.78 is 2.05. The quantitative estimate of drug-likeness (QED) is 0.519. The van der Waals surface area contributed by atoms with Crippen LogP contribution in [0.15, 0.2) is 60.9 Å². The maximum Gasteiger partial charge on any atom is 0.234 e. The fourth-order valence-corrected chi connectivity index (χ4v) is 2.52. The van der Waals surface area contributed by atoms with Crippen molar-refractivity contribution in [1.82, 2.24) is 14.4 Å². The Hall–Kier alpha value is -2.68. The molecule has 0 saturated heterocycles. The molecule has 2 aromatic heterocycles. The lowest BCUT2D eigenvalue weighted by atomic mass is 10.1. The minimum Gasteiger partial charge on any atom is -0.283 e. The number of benzene rings is 2. The number of imidazole rings is 1. The minimum absolute atomic E-state index is 0.739. The summed E-state index contributed by atoms with van der Waals surface area (Å²) in [5, 5.41) is 0. The van der Waals surface area contributed by atoms with Gasteiger partial charge in [0.2, 0.25) is 5.78 Å². The number of para-hydroxylation sites is 2. The molecule has 0 unspecified atom stereocenters. The molecule has 3 nitrogen and oxygen atoms in total. The zero-order chi connectivity index (χ0) is 13.5. The lowest BCUT2D eigenvalue weighted by Gasteiger charge is -2.03. The van der Waals surface area contributed by atoms with E-state index in [1.54, 1.807) is 0 Å². The molecular weight excluding hydrogens is 246 g/mol. The molecule has 4 rings (SSSR count). The highest BCUT2D eigenvalue weighted by atomic mass is 15.1. The van der Waals surface area contributed by atoms with Crippen LogP contribution in [0.25, 0.3) is 27.9 Å². The summed E-state index contributed by atoms with van der Waals surface area (Å²) in [5.41, 5.74) is 5.59. The van der Waals surface area contributed by atoms with E-state index in [4.69, 9.17) is 0 Å². The fraction of sp³-hybridized carbons (Fsp3) is 0.0588. The van der Waals surface area contributed by atoms with Crippen molar-refractivity contribution in [3.63, 3.8) is 0 Å². The molecule has 0 bridgehead atoms. The molecule has 3 heteroatoms. The van der Waals surface area contributed by atoms with Gasteiger partial charge in [-0.2, -0.15) is 0 Å². The van der Waals surface area contributed by atoms with Crippen LogP contribution in [-0.2, 0) is 0 Å². The molecule has 0 N–H and O–H groups in total. The Morgan fingerprint density at radius 2 is 1.85 bits per heavy atom. The predicted molar refractivity (Wildman–Crippen MR) is 80.7 cm³/mol. The normalized spacial score (nSPS) is 11.2. The third kappa shape index (κ3) is 1.67. The first-order valence-electron chi connectivity index (χ1n) is 6.61. The zero-order valence-corrected chi connectivity index (χ0v) is 11.1. The fourth-order valence-electron chi connectivity index (χ4n) is 2.52. The zero-order valence-electron chi connectivity index (χ0n) is 11.1. The van der Waals surface area contributed by atoms with Crippen LogP contribution >= 0.6 is 0 Å². The Kier molecular flexibility index (Phi) is 2.33. The van der Waals surface area contributed by atoms with Crippen molar-refractivity contribution < 1.29 is 0 Å². The van der Waals surface area contributed by atoms with Crippen LogP contribution in [0.5, 0.6) is 0 Å². The van der Waals surface area contributed by atoms with E-state index in [-0.39, 0.29) is 0 Å². The van der Waals surface area contributed by atoms with Crippen LogP contribution in [0.1, 0.15) is 5.56 Å². The topological polar surface area (TPSA) is 30.2 Å². The molecule has 0 fully saturated rings. The van der Waals surface area contributed by atoms with Gasteiger partial charge in [0.15, 0.2) is 0 Å². The highest BCUT2D eigenvalue weighted by Gasteiger charge is 2.06. The van der Waals surface area contributed by atoms with E-state index in [2.05, 4.69) is 53.4 Å². The summed E-state index contributed by atoms with van der Waals surface area (Å²) in [6.07, 6.45) is 3.99. The van der Waals surface area contributed by atoms with E-state index in [1.807, 2.05) is 28.8 Å². The van der Waals surface area contributed by atoms with Crippen LogP contribution in [0.2, 0.25) is 0 Å². The molecule has 2 heterocycles. The maximum atomic E-state index is 4.52. The van der Waals surface area contributed by atoms with Gasteiger partial charge >= 0.3 is 0 Å². The SMILES string of the molecule is Cc1cccc(-c2cnc3nc4ccccc4n3c2)c1. The standard InChI is InChI=1S/C17H13N3/c1-12-5-4-6-13(9-12)14-10-18-17-19-15-7-2-3-8-16(15)20(17)11-14/h2-11H,1H3. The van der Waals surface area contributed by atoms with E-state index >= 15 is 0 Å². The Morgan fingerprint density at radius 3 is 2.75 bits per heavy atom. The predicted octanol–water partition coefficient (Wildman–Crippen LogP) is 3.86. The van der Waals surface area contributed by atoms with Crippen LogP contribution in [0.4, 0.5) is 0 Å². The highest BCUT2D eigenvalue weighted by molar-refractivity contribution is 5.80. The second-order valence-corrected chi connectivity index (χ2v) is 4.98. The molecule has 2 aromatic carbocycles. The Labute approximate surface area is 116 Å². The molecule has 0 radical (unpaired) electrons. The van der Waals surface area contributed by atoms with Crippen LogP contribution in [0, 0.1) is 6.92 Å². The smallest absolute Gasteiger partial charge is 0.234 e. The minimum atomic E-state index is 0.739. The van der Waals surface area contributed by atoms with Gasteiger partial charge in [-0.1, -0.05) is 42.0 Å². The van der Waals surface area contributed by atoms with Crippen molar-refractivity contribution in [2.45, 2.75) is 6.92 Å². The second kappa shape index (κ2) is 4.17. The van der Waals surface area contributed by atoms with Gasteiger partial charge in [0.05, 0.1) is 11.0 Å². The number of aromatic nitrogens is 3. The molecule has 0 aliphatic rings. The van der Waals surface area contributed by atoms with E-state index in [1.165, 1.54) is 11.1 Å². The monoisotopic (exact) mass is 259 g/mol. The van der Waals surface area contributed by atoms with Gasteiger partial charge in [0, 0.05) is 18.0 Å². The van der Waals surface area contributed by atoms with E-state index in [0.29, 0.717) is 0 Å². The molecule has 4 aromatic rings. The Bertz CT molecular complexity index is 922. The van der Waals surface area contributed by atoms with Gasteiger partial charge in [0.1, 0.15) is 0 Å². The third-order valence-corrected chi connectivity index (χ3v) is 3.52. The number of nitrogens with zero attached hydrogens (tertiary/aromatic N) is 3. The summed E-state index contributed by atoms with van der Waals surface area (Å²) >= 11 is 0. The van der Waals surface area contributed by atoms with Crippen molar-refractivity contribution in [2.75, 3.05) is 0 Å². The van der Waals surface area contributed by atoms with Crippen molar-refractivity contribution >= 4 is 16.8 Å². The first-order valence-corrected chi connectivity index (χ1v) is 6.61. The van der Waals surface area contributed by atoms with Gasteiger partial charge in [-0.3, -0.25) is 4.40 Å². The summed E-state index contributed by atoms with van der Waals surface area (Å²) in [4.78, 5) is 9.00. The van der Waals surface area contributed by atoms with Gasteiger partial charge in [-0.15, -0.1) is 0 Å². The molecule has 0 aliphatic carbocycles. The Balaban J connectivity index is 2.00. The highest BCUT2D eigenvalue weighted by Crippen LogP contribution is 2.22. The Morgan fingerprint density at radius 1 is 0.950 bits per heavy atom. The average molecular weight is 259 g/mol. The molecule has 0 atom stereocenters. The number of rotatable bonds is 1. The summed E-state index contributed by atoms with van der Waals surface area (Å²) in [7, 11) is 0. The van der Waals surface area contributed by atoms with Crippen molar-refractivity contribution in [3.8, 4) is 11.1 Å². The second-order valence-electron chi connectivity index (χ2n) is 4.98. The molecule has 0 amide bonds. The molecule has 96 valence electrons. The first-order chi connectivity index (χ1) is 9.81. The first kappa shape index (κ1) is 11.2. The van der Waals surface area contributed by atoms with Crippen LogP contribution < -0.4 is 0 Å². The summed E-state index contributed by atoms with van der Waals surface area (Å²) in [5.74, 6) is 0.739. The molecule has 0 spiro atoms. The lowest BCUT2D eigenvalue weighted by Crippen LogP contribution is -1.90. The maximum absolute atomic E-state index is 4.52. The molecular formula is C17H13N3. The summed E-state index contributed by atoms with van der Waals surface area (Å²) in [6, 6.07) is 16.5. The molecule has 20 heavy (non-hydrogen) atoms. The number of aryl methyl sites for hydroxylation is 1. The van der Waals surface area contributed by atoms with Gasteiger partial charge < -0.3 is 0 Å². The molecule has 0 saturated carbocycles. The average Bonchev–Trinajstić information content (AvgIpc) is 2.85. The van der Waals surface area contributed by atoms with Gasteiger partial charge in [0.25, 0.3) is 0 Å². The van der Waals surface area contributed by atoms with E-state index in [9.17, 15) is 0 Å². The van der Waals surface area contributed by atoms with Crippen molar-refractivity contribution in [1.29, 1.82) is 0 Å². The van der Waals surface area contributed by atoms with E-state index in [0.717, 1.165) is 22.4 Å². The number of hydrogen-bond donors (Lipinski definition) is 0. The van der Waals surface area contributed by atoms with Crippen LogP contribution in [0.3, 0.4) is 0 Å². The largest absolute Gasteiger partial charge is 0.283 e. The third-order valence-electron chi connectivity index (χ3n) is 3.52. The van der Waals surface area contributed by atoms with Crippen molar-refractivity contribution in [2.24, 2.45) is 0 Å². The number of fused-ring (bicyclic) bond motifs is 3. The number of hydrogen-bond acceptors (Lipinski definition) is 2. The molecule has 0 aliphatic heterocycles. The summed E-state index contributed by atoms with van der Waals surface area (Å²) in [6.45, 7) is 2.10. The van der Waals surface area contributed by atoms with Crippen molar-refractivity contribution in [3.05, 3.63) is 66.5 Å². The van der Waals surface area contributed by atoms with Gasteiger partial charge in [-0.05, 0) is 24.6 Å².